The van der Waals surface area contributed by atoms with E-state index in [1.54, 1.807) is 0 Å². The molecule has 0 amide bonds. The predicted molar refractivity (Wildman–Crippen MR) is 81.4 cm³/mol. The van der Waals surface area contributed by atoms with E-state index in [4.69, 9.17) is 0 Å². The van der Waals surface area contributed by atoms with Crippen molar-refractivity contribution in [1.82, 2.24) is 5.32 Å². The first-order valence-electron chi connectivity index (χ1n) is 7.14. The Morgan fingerprint density at radius 3 is 2.52 bits per heavy atom. The first kappa shape index (κ1) is 13.8. The molecule has 0 radical (unpaired) electrons. The van der Waals surface area contributed by atoms with E-state index in [-0.39, 0.29) is 6.04 Å². The Morgan fingerprint density at radius 1 is 1.14 bits per heavy atom. The minimum atomic E-state index is -0.829. The van der Waals surface area contributed by atoms with Gasteiger partial charge in [-0.05, 0) is 23.6 Å². The number of rotatable bonds is 3. The average Bonchev–Trinajstić information content (AvgIpc) is 2.84. The van der Waals surface area contributed by atoms with Gasteiger partial charge in [0.1, 0.15) is 5.54 Å². The molecule has 0 aromatic heterocycles. The molecule has 3 rings (SSSR count). The monoisotopic (exact) mass is 278 g/mol. The van der Waals surface area contributed by atoms with E-state index in [0.717, 1.165) is 16.7 Å². The molecule has 1 unspecified atom stereocenters. The summed E-state index contributed by atoms with van der Waals surface area (Å²) in [4.78, 5) is 0. The van der Waals surface area contributed by atoms with Crippen molar-refractivity contribution in [2.75, 3.05) is 0 Å². The van der Waals surface area contributed by atoms with E-state index in [0.29, 0.717) is 6.42 Å². The smallest absolute Gasteiger partial charge is 0.129 e. The van der Waals surface area contributed by atoms with Crippen molar-refractivity contribution < 1.29 is 5.11 Å². The van der Waals surface area contributed by atoms with Crippen molar-refractivity contribution in [2.24, 2.45) is 0 Å². The van der Waals surface area contributed by atoms with Crippen LogP contribution in [0.15, 0.2) is 54.6 Å². The van der Waals surface area contributed by atoms with E-state index in [1.165, 1.54) is 0 Å². The molecule has 0 saturated heterocycles. The fourth-order valence-electron chi connectivity index (χ4n) is 3.01. The number of nitriles is 1. The van der Waals surface area contributed by atoms with Gasteiger partial charge >= 0.3 is 0 Å². The lowest BCUT2D eigenvalue weighted by Crippen LogP contribution is -2.43. The van der Waals surface area contributed by atoms with E-state index >= 15 is 0 Å². The van der Waals surface area contributed by atoms with Gasteiger partial charge in [0.25, 0.3) is 0 Å². The van der Waals surface area contributed by atoms with E-state index in [9.17, 15) is 10.4 Å². The van der Waals surface area contributed by atoms with Crippen LogP contribution in [0.2, 0.25) is 0 Å². The second kappa shape index (κ2) is 5.33. The quantitative estimate of drug-likeness (QED) is 0.907. The van der Waals surface area contributed by atoms with Crippen molar-refractivity contribution in [3.63, 3.8) is 0 Å². The summed E-state index contributed by atoms with van der Waals surface area (Å²) in [5.74, 6) is 0. The van der Waals surface area contributed by atoms with Crippen LogP contribution >= 0.6 is 0 Å². The molecule has 1 aliphatic carbocycles. The summed E-state index contributed by atoms with van der Waals surface area (Å²) in [5, 5.41) is 23.3. The molecule has 0 fully saturated rings. The number of nitrogens with zero attached hydrogens (tertiary/aromatic N) is 1. The minimum Gasteiger partial charge on any atom is -0.391 e. The SMILES string of the molecule is CC(C#N)(N[C@H]1c2ccccc2C[C@H]1O)c1ccccc1. The van der Waals surface area contributed by atoms with Crippen LogP contribution < -0.4 is 5.32 Å². The predicted octanol–water partition coefficient (Wildman–Crippen LogP) is 2.67. The first-order valence-corrected chi connectivity index (χ1v) is 7.14. The molecule has 0 spiro atoms. The molecule has 0 saturated carbocycles. The summed E-state index contributed by atoms with van der Waals surface area (Å²) >= 11 is 0. The maximum atomic E-state index is 10.3. The van der Waals surface area contributed by atoms with Gasteiger partial charge in [0.05, 0.1) is 18.2 Å². The lowest BCUT2D eigenvalue weighted by molar-refractivity contribution is 0.129. The lowest BCUT2D eigenvalue weighted by atomic mass is 9.91. The van der Waals surface area contributed by atoms with Crippen LogP contribution in [-0.2, 0) is 12.0 Å². The van der Waals surface area contributed by atoms with Gasteiger partial charge in [0.2, 0.25) is 0 Å². The first-order chi connectivity index (χ1) is 10.1. The summed E-state index contributed by atoms with van der Waals surface area (Å²) in [6.45, 7) is 1.86. The fourth-order valence-corrected chi connectivity index (χ4v) is 3.01. The van der Waals surface area contributed by atoms with Crippen LogP contribution in [0, 0.1) is 11.3 Å². The average molecular weight is 278 g/mol. The van der Waals surface area contributed by atoms with Crippen molar-refractivity contribution in [3.8, 4) is 6.07 Å². The van der Waals surface area contributed by atoms with E-state index < -0.39 is 11.6 Å². The molecule has 1 aliphatic rings. The number of nitrogens with one attached hydrogen (secondary N) is 1. The largest absolute Gasteiger partial charge is 0.391 e. The molecule has 3 nitrogen and oxygen atoms in total. The van der Waals surface area contributed by atoms with E-state index in [1.807, 2.05) is 61.5 Å². The molecule has 2 aromatic carbocycles. The van der Waals surface area contributed by atoms with Crippen molar-refractivity contribution in [3.05, 3.63) is 71.3 Å². The fraction of sp³-hybridized carbons (Fsp3) is 0.278. The number of aliphatic hydroxyl groups excluding tert-OH is 1. The molecular weight excluding hydrogens is 260 g/mol. The third-order valence-electron chi connectivity index (χ3n) is 4.22. The maximum Gasteiger partial charge on any atom is 0.129 e. The van der Waals surface area contributed by atoms with Crippen molar-refractivity contribution >= 4 is 0 Å². The van der Waals surface area contributed by atoms with Crippen LogP contribution in [0.25, 0.3) is 0 Å². The zero-order chi connectivity index (χ0) is 14.9. The second-order valence-electron chi connectivity index (χ2n) is 5.70. The zero-order valence-electron chi connectivity index (χ0n) is 12.0. The summed E-state index contributed by atoms with van der Waals surface area (Å²) < 4.78 is 0. The highest BCUT2D eigenvalue weighted by atomic mass is 16.3. The third-order valence-corrected chi connectivity index (χ3v) is 4.22. The Kier molecular flexibility index (Phi) is 3.50. The minimum absolute atomic E-state index is 0.217. The van der Waals surface area contributed by atoms with Gasteiger partial charge in [0.15, 0.2) is 0 Å². The molecule has 3 heteroatoms. The highest BCUT2D eigenvalue weighted by molar-refractivity contribution is 5.38. The molecule has 0 bridgehead atoms. The van der Waals surface area contributed by atoms with Gasteiger partial charge in [-0.1, -0.05) is 54.6 Å². The topological polar surface area (TPSA) is 56.0 Å². The summed E-state index contributed by atoms with van der Waals surface area (Å²) in [5.41, 5.74) is 2.31. The maximum absolute atomic E-state index is 10.3. The van der Waals surface area contributed by atoms with Gasteiger partial charge in [-0.3, -0.25) is 5.32 Å². The van der Waals surface area contributed by atoms with Crippen LogP contribution in [0.1, 0.15) is 29.7 Å². The summed E-state index contributed by atoms with van der Waals surface area (Å²) in [6, 6.07) is 19.8. The van der Waals surface area contributed by atoms with Gasteiger partial charge in [0, 0.05) is 6.42 Å². The number of benzene rings is 2. The highest BCUT2D eigenvalue weighted by Crippen LogP contribution is 2.34. The molecule has 0 aliphatic heterocycles. The van der Waals surface area contributed by atoms with Crippen molar-refractivity contribution in [2.45, 2.75) is 31.0 Å². The van der Waals surface area contributed by atoms with Crippen LogP contribution in [0.3, 0.4) is 0 Å². The second-order valence-corrected chi connectivity index (χ2v) is 5.70. The number of hydrogen-bond acceptors (Lipinski definition) is 3. The summed E-state index contributed by atoms with van der Waals surface area (Å²) in [7, 11) is 0. The molecule has 21 heavy (non-hydrogen) atoms. The number of hydrogen-bond donors (Lipinski definition) is 2. The zero-order valence-corrected chi connectivity index (χ0v) is 12.0. The Morgan fingerprint density at radius 2 is 1.81 bits per heavy atom. The number of aliphatic hydroxyl groups is 1. The van der Waals surface area contributed by atoms with Gasteiger partial charge in [-0.25, -0.2) is 0 Å². The van der Waals surface area contributed by atoms with E-state index in [2.05, 4.69) is 11.4 Å². The lowest BCUT2D eigenvalue weighted by Gasteiger charge is -2.30. The van der Waals surface area contributed by atoms with Crippen LogP contribution in [0.5, 0.6) is 0 Å². The van der Waals surface area contributed by atoms with Crippen molar-refractivity contribution in [1.29, 1.82) is 5.26 Å². The molecule has 0 heterocycles. The normalized spacial score (nSPS) is 23.1. The molecule has 106 valence electrons. The Bertz CT molecular complexity index is 677. The standard InChI is InChI=1S/C18H18N2O/c1-18(12-19,14-8-3-2-4-9-14)20-17-15-10-6-5-7-13(15)11-16(17)21/h2-10,16-17,20-21H,11H2,1H3/t16-,17+,18?/m1/s1. The highest BCUT2D eigenvalue weighted by Gasteiger charge is 2.37. The van der Waals surface area contributed by atoms with Crippen LogP contribution in [-0.4, -0.2) is 11.2 Å². The Balaban J connectivity index is 1.94. The van der Waals surface area contributed by atoms with Gasteiger partial charge in [-0.15, -0.1) is 0 Å². The van der Waals surface area contributed by atoms with Gasteiger partial charge < -0.3 is 5.11 Å². The number of fused-ring (bicyclic) bond motifs is 1. The Hall–Kier alpha value is -2.15. The van der Waals surface area contributed by atoms with Gasteiger partial charge in [-0.2, -0.15) is 5.26 Å². The molecule has 2 N–H and O–H groups in total. The molecule has 2 aromatic rings. The summed E-state index contributed by atoms with van der Waals surface area (Å²) in [6.07, 6.45) is 0.128. The molecular formula is C18H18N2O. The molecule has 3 atom stereocenters. The Labute approximate surface area is 124 Å². The third kappa shape index (κ3) is 2.44. The van der Waals surface area contributed by atoms with Crippen LogP contribution in [0.4, 0.5) is 0 Å².